The lowest BCUT2D eigenvalue weighted by Crippen LogP contribution is -2.45. The molecule has 5 nitrogen and oxygen atoms in total. The van der Waals surface area contributed by atoms with Crippen molar-refractivity contribution in [3.05, 3.63) is 69.1 Å². The number of hydrogen-bond acceptors (Lipinski definition) is 5. The summed E-state index contributed by atoms with van der Waals surface area (Å²) in [4.78, 5) is 21.8. The van der Waals surface area contributed by atoms with Crippen molar-refractivity contribution in [1.82, 2.24) is 19.2 Å². The molecule has 2 aromatic heterocycles. The van der Waals surface area contributed by atoms with Crippen LogP contribution in [0.15, 0.2) is 46.7 Å². The number of hydrogen-bond donors (Lipinski definition) is 0. The van der Waals surface area contributed by atoms with Crippen LogP contribution in [0.1, 0.15) is 16.8 Å². The number of piperazine rings is 1. The summed E-state index contributed by atoms with van der Waals surface area (Å²) in [7, 11) is 0. The zero-order valence-corrected chi connectivity index (χ0v) is 15.8. The van der Waals surface area contributed by atoms with Crippen LogP contribution in [-0.2, 0) is 19.3 Å². The third kappa shape index (κ3) is 4.26. The molecular formula is C19H19F3N4OS. The number of rotatable bonds is 4. The quantitative estimate of drug-likeness (QED) is 0.665. The predicted molar refractivity (Wildman–Crippen MR) is 101 cm³/mol. The van der Waals surface area contributed by atoms with Crippen molar-refractivity contribution in [3.8, 4) is 0 Å². The largest absolute Gasteiger partial charge is 0.416 e. The highest BCUT2D eigenvalue weighted by atomic mass is 32.1. The van der Waals surface area contributed by atoms with E-state index in [9.17, 15) is 18.0 Å². The lowest BCUT2D eigenvalue weighted by Gasteiger charge is -2.34. The van der Waals surface area contributed by atoms with Crippen molar-refractivity contribution >= 4 is 16.3 Å². The number of fused-ring (bicyclic) bond motifs is 1. The lowest BCUT2D eigenvalue weighted by atomic mass is 10.1. The molecule has 1 aliphatic heterocycles. The van der Waals surface area contributed by atoms with E-state index >= 15 is 0 Å². The average molecular weight is 408 g/mol. The van der Waals surface area contributed by atoms with Crippen LogP contribution >= 0.6 is 11.3 Å². The maximum Gasteiger partial charge on any atom is 0.416 e. The van der Waals surface area contributed by atoms with E-state index in [4.69, 9.17) is 0 Å². The first kappa shape index (κ1) is 19.1. The second-order valence-corrected chi connectivity index (χ2v) is 7.76. The Morgan fingerprint density at radius 1 is 1.00 bits per heavy atom. The van der Waals surface area contributed by atoms with Crippen LogP contribution in [0.2, 0.25) is 0 Å². The normalized spacial score (nSPS) is 16.7. The molecule has 0 atom stereocenters. The first-order chi connectivity index (χ1) is 13.4. The minimum Gasteiger partial charge on any atom is -0.297 e. The van der Waals surface area contributed by atoms with E-state index < -0.39 is 11.7 Å². The summed E-state index contributed by atoms with van der Waals surface area (Å²) in [6, 6.07) is 6.94. The molecule has 0 aliphatic carbocycles. The molecule has 1 aromatic carbocycles. The van der Waals surface area contributed by atoms with E-state index in [2.05, 4.69) is 14.8 Å². The molecule has 0 radical (unpaired) electrons. The molecule has 9 heteroatoms. The molecule has 3 aromatic rings. The van der Waals surface area contributed by atoms with Gasteiger partial charge in [-0.15, -0.1) is 11.3 Å². The molecule has 0 bridgehead atoms. The van der Waals surface area contributed by atoms with Crippen molar-refractivity contribution in [1.29, 1.82) is 0 Å². The van der Waals surface area contributed by atoms with Crippen LogP contribution in [-0.4, -0.2) is 45.4 Å². The molecule has 1 fully saturated rings. The van der Waals surface area contributed by atoms with Gasteiger partial charge >= 0.3 is 6.18 Å². The summed E-state index contributed by atoms with van der Waals surface area (Å²) in [5.74, 6) is 0. The minimum absolute atomic E-state index is 0.0674. The Balaban J connectivity index is 1.32. The Hall–Kier alpha value is -2.23. The molecular weight excluding hydrogens is 389 g/mol. The zero-order valence-electron chi connectivity index (χ0n) is 15.0. The fourth-order valence-corrected chi connectivity index (χ4v) is 4.10. The highest BCUT2D eigenvalue weighted by Crippen LogP contribution is 2.29. The number of thiazole rings is 1. The molecule has 4 rings (SSSR count). The van der Waals surface area contributed by atoms with Gasteiger partial charge in [-0.3, -0.25) is 19.0 Å². The van der Waals surface area contributed by atoms with Crippen molar-refractivity contribution in [2.45, 2.75) is 19.3 Å². The molecule has 28 heavy (non-hydrogen) atoms. The summed E-state index contributed by atoms with van der Waals surface area (Å²) < 4.78 is 39.5. The summed E-state index contributed by atoms with van der Waals surface area (Å²) in [6.45, 7) is 4.55. The van der Waals surface area contributed by atoms with Gasteiger partial charge in [0.15, 0.2) is 4.96 Å². The van der Waals surface area contributed by atoms with Crippen molar-refractivity contribution < 1.29 is 13.2 Å². The Kier molecular flexibility index (Phi) is 5.22. The second-order valence-electron chi connectivity index (χ2n) is 6.89. The lowest BCUT2D eigenvalue weighted by molar-refractivity contribution is -0.137. The van der Waals surface area contributed by atoms with E-state index in [0.717, 1.165) is 49.6 Å². The van der Waals surface area contributed by atoms with Crippen LogP contribution in [0, 0.1) is 0 Å². The van der Waals surface area contributed by atoms with Gasteiger partial charge < -0.3 is 0 Å². The van der Waals surface area contributed by atoms with Gasteiger partial charge in [0, 0.05) is 56.9 Å². The topological polar surface area (TPSA) is 40.9 Å². The van der Waals surface area contributed by atoms with Gasteiger partial charge in [0.25, 0.3) is 5.56 Å². The molecule has 0 unspecified atom stereocenters. The average Bonchev–Trinajstić information content (AvgIpc) is 3.12. The van der Waals surface area contributed by atoms with Gasteiger partial charge in [-0.25, -0.2) is 4.98 Å². The van der Waals surface area contributed by atoms with Crippen LogP contribution < -0.4 is 5.56 Å². The van der Waals surface area contributed by atoms with Gasteiger partial charge in [0.05, 0.1) is 11.3 Å². The molecule has 0 spiro atoms. The van der Waals surface area contributed by atoms with Gasteiger partial charge in [-0.05, 0) is 17.7 Å². The van der Waals surface area contributed by atoms with Crippen LogP contribution in [0.4, 0.5) is 13.2 Å². The fraction of sp³-hybridized carbons (Fsp3) is 0.368. The van der Waals surface area contributed by atoms with E-state index in [-0.39, 0.29) is 5.56 Å². The molecule has 1 saturated heterocycles. The summed E-state index contributed by atoms with van der Waals surface area (Å²) in [6.07, 6.45) is -2.58. The fourth-order valence-electron chi connectivity index (χ4n) is 3.36. The van der Waals surface area contributed by atoms with Gasteiger partial charge in [-0.1, -0.05) is 12.1 Å². The summed E-state index contributed by atoms with van der Waals surface area (Å²) >= 11 is 1.44. The number of halogens is 3. The van der Waals surface area contributed by atoms with Crippen molar-refractivity contribution in [3.63, 3.8) is 0 Å². The van der Waals surface area contributed by atoms with E-state index in [0.29, 0.717) is 18.1 Å². The number of aromatic nitrogens is 2. The molecule has 1 aliphatic rings. The number of nitrogens with zero attached hydrogens (tertiary/aromatic N) is 4. The molecule has 0 saturated carbocycles. The third-order valence-electron chi connectivity index (χ3n) is 4.89. The molecule has 0 N–H and O–H groups in total. The minimum atomic E-state index is -4.30. The SMILES string of the molecule is O=c1cc(CN2CCN(Cc3ccc(C(F)(F)F)cc3)CC2)nc2sccn12. The van der Waals surface area contributed by atoms with Gasteiger partial charge in [-0.2, -0.15) is 13.2 Å². The number of alkyl halides is 3. The molecule has 3 heterocycles. The summed E-state index contributed by atoms with van der Waals surface area (Å²) in [5.41, 5.74) is 0.956. The van der Waals surface area contributed by atoms with Crippen molar-refractivity contribution in [2.24, 2.45) is 0 Å². The van der Waals surface area contributed by atoms with E-state index in [1.165, 1.54) is 15.7 Å². The highest BCUT2D eigenvalue weighted by Gasteiger charge is 2.30. The Labute approximate surface area is 163 Å². The second kappa shape index (κ2) is 7.65. The summed E-state index contributed by atoms with van der Waals surface area (Å²) in [5, 5.41) is 1.84. The first-order valence-corrected chi connectivity index (χ1v) is 9.83. The highest BCUT2D eigenvalue weighted by molar-refractivity contribution is 7.15. The van der Waals surface area contributed by atoms with Gasteiger partial charge in [0.1, 0.15) is 0 Å². The van der Waals surface area contributed by atoms with Gasteiger partial charge in [0.2, 0.25) is 0 Å². The molecule has 0 amide bonds. The van der Waals surface area contributed by atoms with Crippen LogP contribution in [0.3, 0.4) is 0 Å². The first-order valence-electron chi connectivity index (χ1n) is 8.95. The Bertz CT molecular complexity index is 1000. The Morgan fingerprint density at radius 3 is 2.29 bits per heavy atom. The van der Waals surface area contributed by atoms with Crippen LogP contribution in [0.25, 0.3) is 4.96 Å². The van der Waals surface area contributed by atoms with E-state index in [1.54, 1.807) is 24.4 Å². The molecule has 148 valence electrons. The number of benzene rings is 1. The maximum absolute atomic E-state index is 12.7. The van der Waals surface area contributed by atoms with Crippen LogP contribution in [0.5, 0.6) is 0 Å². The Morgan fingerprint density at radius 2 is 1.64 bits per heavy atom. The monoisotopic (exact) mass is 408 g/mol. The zero-order chi connectivity index (χ0) is 19.7. The third-order valence-corrected chi connectivity index (χ3v) is 5.65. The standard InChI is InChI=1S/C19H19F3N4OS/c20-19(21,22)15-3-1-14(2-4-15)12-24-5-7-25(8-6-24)13-16-11-17(27)26-9-10-28-18(26)23-16/h1-4,9-11H,5-8,12-13H2. The van der Waals surface area contributed by atoms with E-state index in [1.807, 2.05) is 5.38 Å². The van der Waals surface area contributed by atoms with Crippen molar-refractivity contribution in [2.75, 3.05) is 26.2 Å². The predicted octanol–water partition coefficient (Wildman–Crippen LogP) is 3.09. The maximum atomic E-state index is 12.7. The smallest absolute Gasteiger partial charge is 0.297 e.